The van der Waals surface area contributed by atoms with Gasteiger partial charge in [-0.25, -0.2) is 0 Å². The molecule has 13 heavy (non-hydrogen) atoms. The van der Waals surface area contributed by atoms with Crippen molar-refractivity contribution in [2.24, 2.45) is 0 Å². The van der Waals surface area contributed by atoms with E-state index in [0.29, 0.717) is 10.6 Å². The lowest BCUT2D eigenvalue weighted by atomic mass is 10.3. The van der Waals surface area contributed by atoms with E-state index in [1.807, 2.05) is 6.07 Å². The number of nitrogens with one attached hydrogen (secondary N) is 1. The van der Waals surface area contributed by atoms with E-state index in [2.05, 4.69) is 5.32 Å². The lowest BCUT2D eigenvalue weighted by Gasteiger charge is -2.03. The molecule has 0 aromatic carbocycles. The van der Waals surface area contributed by atoms with E-state index in [0.717, 1.165) is 0 Å². The molecule has 3 nitrogen and oxygen atoms in total. The molecule has 1 aromatic heterocycles. The summed E-state index contributed by atoms with van der Waals surface area (Å²) in [6.07, 6.45) is 0. The molecule has 0 saturated heterocycles. The number of amides is 1. The van der Waals surface area contributed by atoms with Gasteiger partial charge in [-0.05, 0) is 18.4 Å². The molecule has 0 aliphatic rings. The van der Waals surface area contributed by atoms with Gasteiger partial charge in [-0.15, -0.1) is 22.9 Å². The van der Waals surface area contributed by atoms with Crippen LogP contribution in [0.1, 0.15) is 12.5 Å². The van der Waals surface area contributed by atoms with Crippen LogP contribution in [0.2, 0.25) is 0 Å². The summed E-state index contributed by atoms with van der Waals surface area (Å²) in [6.45, 7) is 1.58. The summed E-state index contributed by atoms with van der Waals surface area (Å²) in [5.41, 5.74) is 0.468. The van der Waals surface area contributed by atoms with Gasteiger partial charge in [0.25, 0.3) is 0 Å². The first kappa shape index (κ1) is 10.0. The smallest absolute Gasteiger partial charge is 0.242 e. The molecule has 1 N–H and O–H groups in total. The van der Waals surface area contributed by atoms with Gasteiger partial charge in [0.2, 0.25) is 5.91 Å². The maximum absolute atomic E-state index is 11.1. The number of hydrogen-bond donors (Lipinski definition) is 1. The summed E-state index contributed by atoms with van der Waals surface area (Å²) in [5.74, 6) is -0.291. The lowest BCUT2D eigenvalue weighted by molar-refractivity contribution is -0.115. The van der Waals surface area contributed by atoms with E-state index in [4.69, 9.17) is 16.9 Å². The quantitative estimate of drug-likeness (QED) is 0.768. The minimum atomic E-state index is -0.589. The highest BCUT2D eigenvalue weighted by Crippen LogP contribution is 2.22. The molecule has 0 aliphatic heterocycles. The van der Waals surface area contributed by atoms with Crippen LogP contribution in [-0.4, -0.2) is 11.3 Å². The summed E-state index contributed by atoms with van der Waals surface area (Å²) < 4.78 is 0. The second kappa shape index (κ2) is 4.26. The Labute approximate surface area is 84.9 Å². The van der Waals surface area contributed by atoms with Crippen LogP contribution in [0.4, 0.5) is 5.00 Å². The standard InChI is InChI=1S/C8H7ClN2OS/c1-5(9)7(12)11-8-6(4-10)2-3-13-8/h2-3,5H,1H3,(H,11,12)/t5-/m1/s1. The lowest BCUT2D eigenvalue weighted by Crippen LogP contribution is -2.19. The predicted octanol–water partition coefficient (Wildman–Crippen LogP) is 2.19. The minimum absolute atomic E-state index is 0.291. The first-order chi connectivity index (χ1) is 6.15. The Morgan fingerprint density at radius 3 is 3.08 bits per heavy atom. The van der Waals surface area contributed by atoms with Crippen molar-refractivity contribution in [3.63, 3.8) is 0 Å². The average Bonchev–Trinajstić information content (AvgIpc) is 2.51. The van der Waals surface area contributed by atoms with Gasteiger partial charge in [-0.2, -0.15) is 5.26 Å². The monoisotopic (exact) mass is 214 g/mol. The largest absolute Gasteiger partial charge is 0.315 e. The molecule has 1 aromatic rings. The number of hydrogen-bond acceptors (Lipinski definition) is 3. The highest BCUT2D eigenvalue weighted by Gasteiger charge is 2.12. The Morgan fingerprint density at radius 2 is 2.54 bits per heavy atom. The molecular formula is C8H7ClN2OS. The second-order valence-electron chi connectivity index (χ2n) is 2.38. The molecule has 0 fully saturated rings. The van der Waals surface area contributed by atoms with Crippen molar-refractivity contribution in [2.75, 3.05) is 5.32 Å². The van der Waals surface area contributed by atoms with Crippen molar-refractivity contribution in [2.45, 2.75) is 12.3 Å². The number of rotatable bonds is 2. The summed E-state index contributed by atoms with van der Waals surface area (Å²) in [6, 6.07) is 3.62. The zero-order valence-corrected chi connectivity index (χ0v) is 8.45. The third-order valence-corrected chi connectivity index (χ3v) is 2.41. The van der Waals surface area contributed by atoms with Crippen molar-refractivity contribution in [3.05, 3.63) is 17.0 Å². The summed E-state index contributed by atoms with van der Waals surface area (Å²) in [5, 5.41) is 12.9. The van der Waals surface area contributed by atoms with Crippen molar-refractivity contribution in [1.82, 2.24) is 0 Å². The molecule has 0 saturated carbocycles. The first-order valence-electron chi connectivity index (χ1n) is 3.57. The fourth-order valence-corrected chi connectivity index (χ4v) is 1.50. The van der Waals surface area contributed by atoms with Crippen molar-refractivity contribution in [1.29, 1.82) is 5.26 Å². The van der Waals surface area contributed by atoms with Crippen LogP contribution in [0, 0.1) is 11.3 Å². The Morgan fingerprint density at radius 1 is 1.85 bits per heavy atom. The highest BCUT2D eigenvalue weighted by atomic mass is 35.5. The van der Waals surface area contributed by atoms with Gasteiger partial charge < -0.3 is 5.32 Å². The van der Waals surface area contributed by atoms with Gasteiger partial charge in [-0.1, -0.05) is 0 Å². The van der Waals surface area contributed by atoms with Crippen LogP contribution < -0.4 is 5.32 Å². The number of alkyl halides is 1. The van der Waals surface area contributed by atoms with Gasteiger partial charge in [0.1, 0.15) is 16.4 Å². The van der Waals surface area contributed by atoms with E-state index < -0.39 is 5.38 Å². The molecule has 1 rings (SSSR count). The molecular weight excluding hydrogens is 208 g/mol. The maximum atomic E-state index is 11.1. The zero-order chi connectivity index (χ0) is 9.84. The van der Waals surface area contributed by atoms with Gasteiger partial charge in [0, 0.05) is 0 Å². The molecule has 0 aliphatic carbocycles. The number of halogens is 1. The number of nitrogens with zero attached hydrogens (tertiary/aromatic N) is 1. The Kier molecular flexibility index (Phi) is 3.29. The van der Waals surface area contributed by atoms with Gasteiger partial charge in [0.05, 0.1) is 5.56 Å². The van der Waals surface area contributed by atoms with E-state index >= 15 is 0 Å². The Hall–Kier alpha value is -1.05. The summed E-state index contributed by atoms with van der Waals surface area (Å²) in [4.78, 5) is 11.1. The Bertz CT molecular complexity index is 353. The molecule has 1 amide bonds. The molecule has 0 bridgehead atoms. The second-order valence-corrected chi connectivity index (χ2v) is 3.95. The topological polar surface area (TPSA) is 52.9 Å². The molecule has 1 heterocycles. The average molecular weight is 215 g/mol. The normalized spacial score (nSPS) is 11.8. The third kappa shape index (κ3) is 2.44. The fraction of sp³-hybridized carbons (Fsp3) is 0.250. The molecule has 0 unspecified atom stereocenters. The van der Waals surface area contributed by atoms with Crippen LogP contribution in [0.3, 0.4) is 0 Å². The van der Waals surface area contributed by atoms with Crippen LogP contribution in [0.25, 0.3) is 0 Å². The molecule has 1 atom stereocenters. The molecule has 68 valence electrons. The van der Waals surface area contributed by atoms with Gasteiger partial charge in [0.15, 0.2) is 0 Å². The number of thiophene rings is 1. The number of anilines is 1. The highest BCUT2D eigenvalue weighted by molar-refractivity contribution is 7.14. The zero-order valence-electron chi connectivity index (χ0n) is 6.87. The Balaban J connectivity index is 2.76. The number of nitriles is 1. The molecule has 5 heteroatoms. The van der Waals surface area contributed by atoms with E-state index in [1.165, 1.54) is 11.3 Å². The van der Waals surface area contributed by atoms with Gasteiger partial charge >= 0.3 is 0 Å². The SMILES string of the molecule is C[C@@H](Cl)C(=O)Nc1sccc1C#N. The van der Waals surface area contributed by atoms with Crippen LogP contribution >= 0.6 is 22.9 Å². The van der Waals surface area contributed by atoms with Crippen molar-refractivity contribution in [3.8, 4) is 6.07 Å². The van der Waals surface area contributed by atoms with Crippen molar-refractivity contribution < 1.29 is 4.79 Å². The summed E-state index contributed by atoms with van der Waals surface area (Å²) in [7, 11) is 0. The fourth-order valence-electron chi connectivity index (χ4n) is 0.705. The maximum Gasteiger partial charge on any atom is 0.242 e. The summed E-state index contributed by atoms with van der Waals surface area (Å²) >= 11 is 6.86. The van der Waals surface area contributed by atoms with E-state index in [1.54, 1.807) is 18.4 Å². The van der Waals surface area contributed by atoms with E-state index in [9.17, 15) is 4.79 Å². The molecule has 0 spiro atoms. The minimum Gasteiger partial charge on any atom is -0.315 e. The van der Waals surface area contributed by atoms with Crippen LogP contribution in [0.5, 0.6) is 0 Å². The third-order valence-electron chi connectivity index (χ3n) is 1.38. The van der Waals surface area contributed by atoms with Crippen LogP contribution in [-0.2, 0) is 4.79 Å². The van der Waals surface area contributed by atoms with Crippen molar-refractivity contribution >= 4 is 33.8 Å². The predicted molar refractivity (Wildman–Crippen MR) is 53.0 cm³/mol. The number of carbonyl (C=O) groups excluding carboxylic acids is 1. The number of carbonyl (C=O) groups is 1. The van der Waals surface area contributed by atoms with E-state index in [-0.39, 0.29) is 5.91 Å². The first-order valence-corrected chi connectivity index (χ1v) is 4.89. The van der Waals surface area contributed by atoms with Crippen LogP contribution in [0.15, 0.2) is 11.4 Å². The molecule has 0 radical (unpaired) electrons. The van der Waals surface area contributed by atoms with Gasteiger partial charge in [-0.3, -0.25) is 4.79 Å².